The zero-order valence-corrected chi connectivity index (χ0v) is 14.9. The van der Waals surface area contributed by atoms with Gasteiger partial charge in [0.25, 0.3) is 0 Å². The molecule has 0 aliphatic rings. The Morgan fingerprint density at radius 1 is 1.17 bits per heavy atom. The Labute approximate surface area is 138 Å². The molecule has 0 saturated heterocycles. The number of rotatable bonds is 9. The van der Waals surface area contributed by atoms with Crippen LogP contribution in [0.15, 0.2) is 29.2 Å². The van der Waals surface area contributed by atoms with Gasteiger partial charge < -0.3 is 10.1 Å². The van der Waals surface area contributed by atoms with E-state index in [0.717, 1.165) is 5.56 Å². The van der Waals surface area contributed by atoms with Crippen LogP contribution in [0.4, 0.5) is 0 Å². The lowest BCUT2D eigenvalue weighted by atomic mass is 10.1. The molecule has 1 atom stereocenters. The summed E-state index contributed by atoms with van der Waals surface area (Å²) in [6, 6.07) is 6.41. The molecule has 0 fully saturated rings. The maximum absolute atomic E-state index is 12.0. The lowest BCUT2D eigenvalue weighted by molar-refractivity contribution is -0.122. The Morgan fingerprint density at radius 2 is 1.78 bits per heavy atom. The van der Waals surface area contributed by atoms with Crippen LogP contribution in [0.1, 0.15) is 32.8 Å². The number of hydrogen-bond acceptors (Lipinski definition) is 4. The zero-order valence-electron chi connectivity index (χ0n) is 14.1. The average molecular weight is 342 g/mol. The van der Waals surface area contributed by atoms with Gasteiger partial charge in [-0.05, 0) is 44.9 Å². The number of carbonyl (C=O) groups is 1. The van der Waals surface area contributed by atoms with Crippen molar-refractivity contribution >= 4 is 15.9 Å². The minimum Gasteiger partial charge on any atom is -0.383 e. The fourth-order valence-corrected chi connectivity index (χ4v) is 3.36. The largest absolute Gasteiger partial charge is 0.383 e. The number of nitrogens with one attached hydrogen (secondary N) is 2. The maximum atomic E-state index is 12.0. The second-order valence-corrected chi connectivity index (χ2v) is 7.56. The molecule has 6 nitrogen and oxygen atoms in total. The lowest BCUT2D eigenvalue weighted by Gasteiger charge is -2.13. The molecule has 1 amide bonds. The predicted octanol–water partition coefficient (Wildman–Crippen LogP) is 1.46. The molecule has 1 aromatic carbocycles. The van der Waals surface area contributed by atoms with Crippen LogP contribution in [0.3, 0.4) is 0 Å². The highest BCUT2D eigenvalue weighted by Crippen LogP contribution is 2.12. The Morgan fingerprint density at radius 3 is 2.30 bits per heavy atom. The molecule has 1 aromatic rings. The Bertz CT molecular complexity index is 597. The maximum Gasteiger partial charge on any atom is 0.240 e. The lowest BCUT2D eigenvalue weighted by Crippen LogP contribution is -2.35. The molecule has 1 rings (SSSR count). The number of aryl methyl sites for hydroxylation is 1. The van der Waals surface area contributed by atoms with Gasteiger partial charge in [0.2, 0.25) is 15.9 Å². The van der Waals surface area contributed by atoms with Gasteiger partial charge in [-0.3, -0.25) is 4.79 Å². The first-order chi connectivity index (χ1) is 10.7. The normalized spacial score (nSPS) is 13.1. The SMILES string of the molecule is COC[C@H](C)NC(=O)CCc1ccc(S(=O)(=O)NC(C)C)cc1. The van der Waals surface area contributed by atoms with Crippen LogP contribution in [-0.4, -0.2) is 40.1 Å². The van der Waals surface area contributed by atoms with Crippen molar-refractivity contribution in [1.82, 2.24) is 10.0 Å². The minimum absolute atomic E-state index is 0.0258. The highest BCUT2D eigenvalue weighted by molar-refractivity contribution is 7.89. The number of amides is 1. The Kier molecular flexibility index (Phi) is 7.67. The van der Waals surface area contributed by atoms with Crippen molar-refractivity contribution in [2.75, 3.05) is 13.7 Å². The van der Waals surface area contributed by atoms with Gasteiger partial charge in [-0.15, -0.1) is 0 Å². The van der Waals surface area contributed by atoms with Crippen molar-refractivity contribution in [3.8, 4) is 0 Å². The molecule has 23 heavy (non-hydrogen) atoms. The molecule has 0 aromatic heterocycles. The van der Waals surface area contributed by atoms with E-state index in [2.05, 4.69) is 10.0 Å². The number of ether oxygens (including phenoxy) is 1. The van der Waals surface area contributed by atoms with Crippen molar-refractivity contribution in [2.45, 2.75) is 50.6 Å². The van der Waals surface area contributed by atoms with Crippen LogP contribution in [0.5, 0.6) is 0 Å². The van der Waals surface area contributed by atoms with Crippen LogP contribution in [0.25, 0.3) is 0 Å². The van der Waals surface area contributed by atoms with Crippen molar-refractivity contribution in [3.63, 3.8) is 0 Å². The minimum atomic E-state index is -3.47. The second-order valence-electron chi connectivity index (χ2n) is 5.84. The molecular formula is C16H26N2O4S. The highest BCUT2D eigenvalue weighted by atomic mass is 32.2. The molecule has 0 radical (unpaired) electrons. The first kappa shape index (κ1) is 19.6. The third kappa shape index (κ3) is 7.11. The van der Waals surface area contributed by atoms with Gasteiger partial charge in [0.05, 0.1) is 11.5 Å². The summed E-state index contributed by atoms with van der Waals surface area (Å²) >= 11 is 0. The van der Waals surface area contributed by atoms with E-state index in [-0.39, 0.29) is 22.9 Å². The number of carbonyl (C=O) groups excluding carboxylic acids is 1. The van der Waals surface area contributed by atoms with Crippen molar-refractivity contribution in [2.24, 2.45) is 0 Å². The van der Waals surface area contributed by atoms with Gasteiger partial charge in [0, 0.05) is 25.6 Å². The van der Waals surface area contributed by atoms with Gasteiger partial charge in [-0.2, -0.15) is 0 Å². The van der Waals surface area contributed by atoms with E-state index >= 15 is 0 Å². The summed E-state index contributed by atoms with van der Waals surface area (Å²) in [6.45, 7) is 5.90. The molecular weight excluding hydrogens is 316 g/mol. The summed E-state index contributed by atoms with van der Waals surface area (Å²) in [6.07, 6.45) is 0.911. The van der Waals surface area contributed by atoms with Crippen LogP contribution in [0, 0.1) is 0 Å². The highest BCUT2D eigenvalue weighted by Gasteiger charge is 2.15. The molecule has 2 N–H and O–H groups in total. The van der Waals surface area contributed by atoms with E-state index in [1.54, 1.807) is 45.2 Å². The standard InChI is InChI=1S/C16H26N2O4S/c1-12(2)18-23(20,21)15-8-5-14(6-9-15)7-10-16(19)17-13(3)11-22-4/h5-6,8-9,12-13,18H,7,10-11H2,1-4H3,(H,17,19)/t13-/m0/s1. The molecule has 0 aliphatic carbocycles. The predicted molar refractivity (Wildman–Crippen MR) is 89.7 cm³/mol. The van der Waals surface area contributed by atoms with Crippen molar-refractivity contribution < 1.29 is 17.9 Å². The van der Waals surface area contributed by atoms with Crippen LogP contribution < -0.4 is 10.0 Å². The van der Waals surface area contributed by atoms with E-state index in [4.69, 9.17) is 4.74 Å². The summed E-state index contributed by atoms with van der Waals surface area (Å²) in [5.41, 5.74) is 0.919. The summed E-state index contributed by atoms with van der Waals surface area (Å²) < 4.78 is 31.5. The topological polar surface area (TPSA) is 84.5 Å². The summed E-state index contributed by atoms with van der Waals surface area (Å²) in [4.78, 5) is 12.0. The smallest absolute Gasteiger partial charge is 0.240 e. The number of methoxy groups -OCH3 is 1. The Balaban J connectivity index is 2.56. The fourth-order valence-electron chi connectivity index (χ4n) is 2.11. The quantitative estimate of drug-likeness (QED) is 0.711. The molecule has 0 unspecified atom stereocenters. The third-order valence-electron chi connectivity index (χ3n) is 3.09. The average Bonchev–Trinajstić information content (AvgIpc) is 2.44. The first-order valence-electron chi connectivity index (χ1n) is 7.64. The van der Waals surface area contributed by atoms with Gasteiger partial charge in [-0.1, -0.05) is 12.1 Å². The van der Waals surface area contributed by atoms with E-state index in [0.29, 0.717) is 19.4 Å². The van der Waals surface area contributed by atoms with Crippen molar-refractivity contribution in [1.29, 1.82) is 0 Å². The summed E-state index contributed by atoms with van der Waals surface area (Å²) in [5, 5.41) is 2.84. The molecule has 0 bridgehead atoms. The van der Waals surface area contributed by atoms with E-state index < -0.39 is 10.0 Å². The molecule has 0 saturated carbocycles. The molecule has 7 heteroatoms. The van der Waals surface area contributed by atoms with Crippen molar-refractivity contribution in [3.05, 3.63) is 29.8 Å². The summed E-state index contributed by atoms with van der Waals surface area (Å²) in [5.74, 6) is -0.0484. The Hall–Kier alpha value is -1.44. The van der Waals surface area contributed by atoms with Gasteiger partial charge >= 0.3 is 0 Å². The molecule has 130 valence electrons. The van der Waals surface area contributed by atoms with E-state index in [9.17, 15) is 13.2 Å². The van der Waals surface area contributed by atoms with Gasteiger partial charge in [-0.25, -0.2) is 13.1 Å². The number of hydrogen-bond donors (Lipinski definition) is 2. The molecule has 0 aliphatic heterocycles. The van der Waals surface area contributed by atoms with Crippen LogP contribution in [-0.2, 0) is 26.0 Å². The molecule has 0 heterocycles. The number of sulfonamides is 1. The van der Waals surface area contributed by atoms with E-state index in [1.807, 2.05) is 6.92 Å². The molecule has 0 spiro atoms. The monoisotopic (exact) mass is 342 g/mol. The number of benzene rings is 1. The first-order valence-corrected chi connectivity index (χ1v) is 9.12. The second kappa shape index (κ2) is 9.00. The van der Waals surface area contributed by atoms with E-state index in [1.165, 1.54) is 0 Å². The van der Waals surface area contributed by atoms with Gasteiger partial charge in [0.15, 0.2) is 0 Å². The van der Waals surface area contributed by atoms with Crippen LogP contribution >= 0.6 is 0 Å². The fraction of sp³-hybridized carbons (Fsp3) is 0.562. The third-order valence-corrected chi connectivity index (χ3v) is 4.76. The van der Waals surface area contributed by atoms with Gasteiger partial charge in [0.1, 0.15) is 0 Å². The summed E-state index contributed by atoms with van der Waals surface area (Å²) in [7, 11) is -1.88. The zero-order chi connectivity index (χ0) is 17.5. The van der Waals surface area contributed by atoms with Crippen LogP contribution in [0.2, 0.25) is 0 Å².